The molecule has 2 rings (SSSR count). The third-order valence-corrected chi connectivity index (χ3v) is 4.28. The first-order valence-electron chi connectivity index (χ1n) is 8.67. The lowest BCUT2D eigenvalue weighted by molar-refractivity contribution is -0.265. The van der Waals surface area contributed by atoms with Crippen LogP contribution in [0.15, 0.2) is 24.3 Å². The lowest BCUT2D eigenvalue weighted by Gasteiger charge is -2.38. The van der Waals surface area contributed by atoms with Crippen molar-refractivity contribution < 1.29 is 14.2 Å². The van der Waals surface area contributed by atoms with E-state index in [0.29, 0.717) is 5.92 Å². The maximum absolute atomic E-state index is 5.99. The van der Waals surface area contributed by atoms with E-state index < -0.39 is 5.79 Å². The summed E-state index contributed by atoms with van der Waals surface area (Å²) < 4.78 is 17.7. The summed E-state index contributed by atoms with van der Waals surface area (Å²) in [5, 5.41) is 0. The molecule has 1 saturated heterocycles. The molecule has 0 aliphatic carbocycles. The normalized spacial score (nSPS) is 25.1. The number of benzene rings is 1. The summed E-state index contributed by atoms with van der Waals surface area (Å²) in [7, 11) is 0. The molecule has 1 aromatic carbocycles. The zero-order valence-corrected chi connectivity index (χ0v) is 14.3. The molecular formula is C19H30O3. The van der Waals surface area contributed by atoms with Crippen LogP contribution < -0.4 is 4.74 Å². The first-order chi connectivity index (χ1) is 10.7. The first-order valence-corrected chi connectivity index (χ1v) is 8.67. The SMILES string of the molecule is CCCCOc1ccc(C2COC(C)(CCCC)OC2)cc1. The minimum Gasteiger partial charge on any atom is -0.494 e. The zero-order valence-electron chi connectivity index (χ0n) is 14.3. The second-order valence-electron chi connectivity index (χ2n) is 6.33. The number of rotatable bonds is 8. The van der Waals surface area contributed by atoms with E-state index in [0.717, 1.165) is 51.3 Å². The van der Waals surface area contributed by atoms with E-state index in [9.17, 15) is 0 Å². The van der Waals surface area contributed by atoms with Gasteiger partial charge in [0.25, 0.3) is 0 Å². The van der Waals surface area contributed by atoms with E-state index in [1.807, 2.05) is 0 Å². The minimum absolute atomic E-state index is 0.319. The number of ether oxygens (including phenoxy) is 3. The second-order valence-corrected chi connectivity index (χ2v) is 6.33. The van der Waals surface area contributed by atoms with Gasteiger partial charge in [0.2, 0.25) is 0 Å². The molecule has 1 aliphatic rings. The van der Waals surface area contributed by atoms with Crippen LogP contribution in [-0.4, -0.2) is 25.6 Å². The van der Waals surface area contributed by atoms with Gasteiger partial charge in [-0.05, 0) is 37.5 Å². The van der Waals surface area contributed by atoms with Crippen LogP contribution in [0.1, 0.15) is 64.4 Å². The molecule has 0 amide bonds. The van der Waals surface area contributed by atoms with E-state index in [2.05, 4.69) is 45.0 Å². The van der Waals surface area contributed by atoms with Crippen molar-refractivity contribution in [2.45, 2.75) is 64.6 Å². The third-order valence-electron chi connectivity index (χ3n) is 4.28. The van der Waals surface area contributed by atoms with Crippen molar-refractivity contribution in [3.8, 4) is 5.75 Å². The predicted octanol–water partition coefficient (Wildman–Crippen LogP) is 4.90. The van der Waals surface area contributed by atoms with Crippen molar-refractivity contribution in [3.63, 3.8) is 0 Å². The molecule has 0 unspecified atom stereocenters. The Morgan fingerprint density at radius 3 is 2.27 bits per heavy atom. The lowest BCUT2D eigenvalue weighted by Crippen LogP contribution is -2.40. The van der Waals surface area contributed by atoms with Gasteiger partial charge in [0.1, 0.15) is 5.75 Å². The van der Waals surface area contributed by atoms with Gasteiger partial charge in [-0.2, -0.15) is 0 Å². The molecule has 0 spiro atoms. The van der Waals surface area contributed by atoms with Gasteiger partial charge in [0.15, 0.2) is 5.79 Å². The average molecular weight is 306 g/mol. The summed E-state index contributed by atoms with van der Waals surface area (Å²) in [4.78, 5) is 0. The minimum atomic E-state index is -0.393. The number of hydrogen-bond donors (Lipinski definition) is 0. The maximum atomic E-state index is 5.99. The highest BCUT2D eigenvalue weighted by atomic mass is 16.7. The molecule has 0 aromatic heterocycles. The average Bonchev–Trinajstić information content (AvgIpc) is 2.55. The molecule has 0 saturated carbocycles. The largest absolute Gasteiger partial charge is 0.494 e. The van der Waals surface area contributed by atoms with Crippen LogP contribution >= 0.6 is 0 Å². The molecule has 1 heterocycles. The van der Waals surface area contributed by atoms with Crippen LogP contribution in [-0.2, 0) is 9.47 Å². The molecule has 1 aromatic rings. The molecule has 1 fully saturated rings. The molecular weight excluding hydrogens is 276 g/mol. The van der Waals surface area contributed by atoms with Gasteiger partial charge in [-0.15, -0.1) is 0 Å². The van der Waals surface area contributed by atoms with Gasteiger partial charge in [0, 0.05) is 12.3 Å². The van der Waals surface area contributed by atoms with Crippen LogP contribution in [0, 0.1) is 0 Å². The second kappa shape index (κ2) is 8.54. The Labute approximate surface area is 135 Å². The van der Waals surface area contributed by atoms with E-state index in [-0.39, 0.29) is 0 Å². The van der Waals surface area contributed by atoms with Gasteiger partial charge >= 0.3 is 0 Å². The molecule has 0 radical (unpaired) electrons. The smallest absolute Gasteiger partial charge is 0.165 e. The molecule has 0 bridgehead atoms. The molecule has 3 nitrogen and oxygen atoms in total. The highest BCUT2D eigenvalue weighted by Gasteiger charge is 2.32. The Morgan fingerprint density at radius 1 is 1.05 bits per heavy atom. The van der Waals surface area contributed by atoms with Crippen LogP contribution in [0.4, 0.5) is 0 Å². The topological polar surface area (TPSA) is 27.7 Å². The predicted molar refractivity (Wildman–Crippen MR) is 89.4 cm³/mol. The number of hydrogen-bond acceptors (Lipinski definition) is 3. The van der Waals surface area contributed by atoms with E-state index in [4.69, 9.17) is 14.2 Å². The summed E-state index contributed by atoms with van der Waals surface area (Å²) in [5.41, 5.74) is 1.26. The monoisotopic (exact) mass is 306 g/mol. The van der Waals surface area contributed by atoms with Crippen molar-refractivity contribution in [2.24, 2.45) is 0 Å². The summed E-state index contributed by atoms with van der Waals surface area (Å²) in [5.74, 6) is 0.873. The number of unbranched alkanes of at least 4 members (excludes halogenated alkanes) is 2. The fourth-order valence-corrected chi connectivity index (χ4v) is 2.65. The maximum Gasteiger partial charge on any atom is 0.165 e. The Hall–Kier alpha value is -1.06. The highest BCUT2D eigenvalue weighted by Crippen LogP contribution is 2.31. The highest BCUT2D eigenvalue weighted by molar-refractivity contribution is 5.29. The van der Waals surface area contributed by atoms with Crippen LogP contribution in [0.2, 0.25) is 0 Å². The molecule has 3 heteroatoms. The summed E-state index contributed by atoms with van der Waals surface area (Å²) in [6.45, 7) is 8.68. The first kappa shape index (κ1) is 17.3. The Bertz CT molecular complexity index is 419. The lowest BCUT2D eigenvalue weighted by atomic mass is 9.99. The van der Waals surface area contributed by atoms with Gasteiger partial charge < -0.3 is 14.2 Å². The van der Waals surface area contributed by atoms with E-state index in [1.165, 1.54) is 12.0 Å². The van der Waals surface area contributed by atoms with Crippen LogP contribution in [0.25, 0.3) is 0 Å². The standard InChI is InChI=1S/C19H30O3/c1-4-6-12-19(3)21-14-17(15-22-19)16-8-10-18(11-9-16)20-13-7-5-2/h8-11,17H,4-7,12-15H2,1-3H3. The molecule has 0 atom stereocenters. The van der Waals surface area contributed by atoms with Crippen molar-refractivity contribution in [1.82, 2.24) is 0 Å². The van der Waals surface area contributed by atoms with Gasteiger partial charge in [-0.25, -0.2) is 0 Å². The van der Waals surface area contributed by atoms with Crippen LogP contribution in [0.5, 0.6) is 5.75 Å². The summed E-state index contributed by atoms with van der Waals surface area (Å²) in [6, 6.07) is 8.37. The molecule has 1 aliphatic heterocycles. The Balaban J connectivity index is 1.83. The van der Waals surface area contributed by atoms with Gasteiger partial charge in [0.05, 0.1) is 19.8 Å². The fraction of sp³-hybridized carbons (Fsp3) is 0.684. The molecule has 0 N–H and O–H groups in total. The summed E-state index contributed by atoms with van der Waals surface area (Å²) >= 11 is 0. The fourth-order valence-electron chi connectivity index (χ4n) is 2.65. The van der Waals surface area contributed by atoms with Crippen molar-refractivity contribution in [3.05, 3.63) is 29.8 Å². The third kappa shape index (κ3) is 4.99. The van der Waals surface area contributed by atoms with Gasteiger partial charge in [-0.1, -0.05) is 38.8 Å². The molecule has 22 heavy (non-hydrogen) atoms. The van der Waals surface area contributed by atoms with Crippen molar-refractivity contribution in [1.29, 1.82) is 0 Å². The summed E-state index contributed by atoms with van der Waals surface area (Å²) in [6.07, 6.45) is 5.55. The van der Waals surface area contributed by atoms with Gasteiger partial charge in [-0.3, -0.25) is 0 Å². The van der Waals surface area contributed by atoms with Crippen molar-refractivity contribution >= 4 is 0 Å². The Kier molecular flexibility index (Phi) is 6.71. The van der Waals surface area contributed by atoms with E-state index in [1.54, 1.807) is 0 Å². The Morgan fingerprint density at radius 2 is 1.68 bits per heavy atom. The molecule has 124 valence electrons. The zero-order chi connectivity index (χ0) is 15.8. The quantitative estimate of drug-likeness (QED) is 0.639. The van der Waals surface area contributed by atoms with Crippen molar-refractivity contribution in [2.75, 3.05) is 19.8 Å². The van der Waals surface area contributed by atoms with E-state index >= 15 is 0 Å². The van der Waals surface area contributed by atoms with Crippen LogP contribution in [0.3, 0.4) is 0 Å².